The van der Waals surface area contributed by atoms with Gasteiger partial charge in [-0.25, -0.2) is 0 Å². The Balaban J connectivity index is 1.61. The quantitative estimate of drug-likeness (QED) is 0.398. The molecule has 0 saturated carbocycles. The van der Waals surface area contributed by atoms with E-state index in [2.05, 4.69) is 9.71 Å². The predicted molar refractivity (Wildman–Crippen MR) is 117 cm³/mol. The maximum Gasteiger partial charge on any atom is 0.295 e. The summed E-state index contributed by atoms with van der Waals surface area (Å²) in [6.07, 6.45) is 3.29. The van der Waals surface area contributed by atoms with E-state index >= 15 is 0 Å². The Morgan fingerprint density at radius 1 is 1.10 bits per heavy atom. The highest BCUT2D eigenvalue weighted by Gasteiger charge is 2.21. The fourth-order valence-corrected chi connectivity index (χ4v) is 4.93. The average Bonchev–Trinajstić information content (AvgIpc) is 3.12. The number of nitrogens with one attached hydrogen (secondary N) is 1. The second-order valence-corrected chi connectivity index (χ2v) is 9.33. The number of aromatic nitrogens is 1. The van der Waals surface area contributed by atoms with Gasteiger partial charge in [0, 0.05) is 39.5 Å². The molecule has 0 spiro atoms. The maximum atomic E-state index is 12.9. The fraction of sp³-hybridized carbons (Fsp3) is 0.0500. The van der Waals surface area contributed by atoms with Crippen molar-refractivity contribution < 1.29 is 12.8 Å². The van der Waals surface area contributed by atoms with E-state index in [9.17, 15) is 8.42 Å². The number of nitrogens with zero attached hydrogens (tertiary/aromatic N) is 1. The van der Waals surface area contributed by atoms with Crippen molar-refractivity contribution in [3.63, 3.8) is 0 Å². The molecule has 0 aliphatic rings. The van der Waals surface area contributed by atoms with Crippen LogP contribution < -0.4 is 10.5 Å². The summed E-state index contributed by atoms with van der Waals surface area (Å²) >= 11 is 7.55. The molecule has 2 heterocycles. The summed E-state index contributed by atoms with van der Waals surface area (Å²) in [5.74, 6) is 0.568. The molecule has 4 aromatic rings. The monoisotopic (exact) mass is 445 g/mol. The Hall–Kier alpha value is -2.68. The fourth-order valence-electron chi connectivity index (χ4n) is 2.74. The van der Waals surface area contributed by atoms with Crippen molar-refractivity contribution in [2.45, 2.75) is 15.7 Å². The van der Waals surface area contributed by atoms with E-state index in [0.29, 0.717) is 33.1 Å². The first-order valence-electron chi connectivity index (χ1n) is 8.54. The van der Waals surface area contributed by atoms with Gasteiger partial charge in [0.25, 0.3) is 10.0 Å². The van der Waals surface area contributed by atoms with Crippen molar-refractivity contribution in [2.24, 2.45) is 0 Å². The van der Waals surface area contributed by atoms with E-state index in [0.717, 1.165) is 10.5 Å². The topological polar surface area (TPSA) is 98.2 Å². The predicted octanol–water partition coefficient (Wildman–Crippen LogP) is 5.16. The number of hydrogen-bond donors (Lipinski definition) is 2. The highest BCUT2D eigenvalue weighted by Crippen LogP contribution is 2.34. The van der Waals surface area contributed by atoms with Crippen molar-refractivity contribution in [2.75, 3.05) is 10.5 Å². The maximum absolute atomic E-state index is 12.9. The van der Waals surface area contributed by atoms with E-state index in [1.165, 1.54) is 17.8 Å². The van der Waals surface area contributed by atoms with Crippen LogP contribution in [0.5, 0.6) is 0 Å². The summed E-state index contributed by atoms with van der Waals surface area (Å²) in [5, 5.41) is 0.972. The minimum atomic E-state index is -3.93. The third kappa shape index (κ3) is 4.50. The van der Waals surface area contributed by atoms with Gasteiger partial charge < -0.3 is 10.2 Å². The smallest absolute Gasteiger partial charge is 0.295 e. The van der Waals surface area contributed by atoms with Crippen LogP contribution in [0.4, 0.5) is 11.4 Å². The molecule has 148 valence electrons. The van der Waals surface area contributed by atoms with Crippen LogP contribution >= 0.6 is 23.4 Å². The van der Waals surface area contributed by atoms with Gasteiger partial charge in [0.05, 0.1) is 11.4 Å². The van der Waals surface area contributed by atoms with Crippen molar-refractivity contribution >= 4 is 55.7 Å². The summed E-state index contributed by atoms with van der Waals surface area (Å²) in [5.41, 5.74) is 8.14. The van der Waals surface area contributed by atoms with Crippen LogP contribution in [0.3, 0.4) is 0 Å². The van der Waals surface area contributed by atoms with Crippen molar-refractivity contribution in [3.05, 3.63) is 77.6 Å². The minimum Gasteiger partial charge on any atom is -0.443 e. The standard InChI is InChI=1S/C20H16ClN3O3S2/c21-15-5-6-19(28-12-13-7-16(22)11-23-10-13)17(9-15)24-29(25,26)20-8-14-3-1-2-4-18(14)27-20/h1-11,24H,12,22H2. The van der Waals surface area contributed by atoms with Crippen LogP contribution in [0.1, 0.15) is 5.56 Å². The van der Waals surface area contributed by atoms with Gasteiger partial charge in [-0.15, -0.1) is 11.8 Å². The Morgan fingerprint density at radius 2 is 1.93 bits per heavy atom. The highest BCUT2D eigenvalue weighted by molar-refractivity contribution is 7.98. The molecule has 0 aliphatic heterocycles. The summed E-state index contributed by atoms with van der Waals surface area (Å²) in [7, 11) is -3.93. The zero-order valence-corrected chi connectivity index (χ0v) is 17.4. The Morgan fingerprint density at radius 3 is 2.72 bits per heavy atom. The van der Waals surface area contributed by atoms with Crippen LogP contribution in [-0.4, -0.2) is 13.4 Å². The van der Waals surface area contributed by atoms with Crippen LogP contribution in [0.25, 0.3) is 11.0 Å². The molecule has 0 amide bonds. The normalized spacial score (nSPS) is 11.6. The molecule has 0 bridgehead atoms. The largest absolute Gasteiger partial charge is 0.443 e. The van der Waals surface area contributed by atoms with Crippen molar-refractivity contribution in [3.8, 4) is 0 Å². The molecule has 0 atom stereocenters. The summed E-state index contributed by atoms with van der Waals surface area (Å²) in [4.78, 5) is 4.79. The minimum absolute atomic E-state index is 0.158. The second kappa shape index (κ2) is 7.98. The van der Waals surface area contributed by atoms with Crippen LogP contribution in [-0.2, 0) is 15.8 Å². The molecule has 4 rings (SSSR count). The SMILES string of the molecule is Nc1cncc(CSc2ccc(Cl)cc2NS(=O)(=O)c2cc3ccccc3o2)c1. The van der Waals surface area contributed by atoms with Crippen LogP contribution in [0.15, 0.2) is 81.4 Å². The molecule has 9 heteroatoms. The number of halogens is 1. The zero-order chi connectivity index (χ0) is 20.4. The highest BCUT2D eigenvalue weighted by atomic mass is 35.5. The molecule has 29 heavy (non-hydrogen) atoms. The lowest BCUT2D eigenvalue weighted by atomic mass is 10.3. The van der Waals surface area contributed by atoms with Gasteiger partial charge in [-0.05, 0) is 35.9 Å². The van der Waals surface area contributed by atoms with Gasteiger partial charge in [-0.1, -0.05) is 29.8 Å². The number of furan rings is 1. The lowest BCUT2D eigenvalue weighted by Crippen LogP contribution is -2.12. The van der Waals surface area contributed by atoms with E-state index in [1.54, 1.807) is 48.8 Å². The molecule has 0 fully saturated rings. The molecule has 3 N–H and O–H groups in total. The molecule has 2 aromatic carbocycles. The van der Waals surface area contributed by atoms with Gasteiger partial charge in [0.15, 0.2) is 0 Å². The molecular formula is C20H16ClN3O3S2. The second-order valence-electron chi connectivity index (χ2n) is 6.26. The Labute approximate surface area is 177 Å². The third-order valence-corrected chi connectivity index (χ3v) is 6.66. The summed E-state index contributed by atoms with van der Waals surface area (Å²) in [6.45, 7) is 0. The van der Waals surface area contributed by atoms with Crippen molar-refractivity contribution in [1.29, 1.82) is 0 Å². The number of nitrogen functional groups attached to an aromatic ring is 1. The lowest BCUT2D eigenvalue weighted by molar-refractivity contribution is 0.484. The Bertz CT molecular complexity index is 1260. The number of anilines is 2. The average molecular weight is 446 g/mol. The van der Waals surface area contributed by atoms with E-state index < -0.39 is 10.0 Å². The number of nitrogens with two attached hydrogens (primary N) is 1. The van der Waals surface area contributed by atoms with Crippen LogP contribution in [0.2, 0.25) is 5.02 Å². The molecule has 0 aliphatic carbocycles. The summed E-state index contributed by atoms with van der Waals surface area (Å²) in [6, 6.07) is 15.5. The Kier molecular flexibility index (Phi) is 5.40. The number of hydrogen-bond acceptors (Lipinski definition) is 6. The number of thioether (sulfide) groups is 1. The van der Waals surface area contributed by atoms with Crippen molar-refractivity contribution in [1.82, 2.24) is 4.98 Å². The van der Waals surface area contributed by atoms with E-state index in [-0.39, 0.29) is 5.09 Å². The molecule has 0 unspecified atom stereocenters. The number of benzene rings is 2. The molecule has 6 nitrogen and oxygen atoms in total. The third-order valence-electron chi connectivity index (χ3n) is 4.06. The van der Waals surface area contributed by atoms with Gasteiger partial charge >= 0.3 is 0 Å². The van der Waals surface area contributed by atoms with Gasteiger partial charge in [0.1, 0.15) is 5.58 Å². The first-order chi connectivity index (χ1) is 13.9. The van der Waals surface area contributed by atoms with Gasteiger partial charge in [0.2, 0.25) is 5.09 Å². The lowest BCUT2D eigenvalue weighted by Gasteiger charge is -2.12. The molecular weight excluding hydrogens is 430 g/mol. The van der Waals surface area contributed by atoms with E-state index in [4.69, 9.17) is 21.8 Å². The van der Waals surface area contributed by atoms with Gasteiger partial charge in [-0.2, -0.15) is 8.42 Å². The van der Waals surface area contributed by atoms with E-state index in [1.807, 2.05) is 12.1 Å². The molecule has 0 radical (unpaired) electrons. The number of sulfonamides is 1. The molecule has 2 aromatic heterocycles. The number of fused-ring (bicyclic) bond motifs is 1. The first kappa shape index (κ1) is 19.6. The number of para-hydroxylation sites is 1. The zero-order valence-electron chi connectivity index (χ0n) is 15.0. The molecule has 0 saturated heterocycles. The number of rotatable bonds is 6. The number of pyridine rings is 1. The summed E-state index contributed by atoms with van der Waals surface area (Å²) < 4.78 is 33.8. The first-order valence-corrected chi connectivity index (χ1v) is 11.4. The van der Waals surface area contributed by atoms with Crippen LogP contribution in [0, 0.1) is 0 Å². The van der Waals surface area contributed by atoms with Gasteiger partial charge in [-0.3, -0.25) is 9.71 Å².